The molecule has 5 aliphatic rings. The lowest BCUT2D eigenvalue weighted by Crippen LogP contribution is -2.54. The molecule has 3 aliphatic carbocycles. The van der Waals surface area contributed by atoms with Crippen molar-refractivity contribution >= 4 is 29.3 Å². The third-order valence-corrected chi connectivity index (χ3v) is 10.5. The molecule has 2 aromatic rings. The van der Waals surface area contributed by atoms with Crippen LogP contribution in [0.2, 0.25) is 0 Å². The van der Waals surface area contributed by atoms with E-state index in [0.29, 0.717) is 29.7 Å². The molecule has 4 amide bonds. The van der Waals surface area contributed by atoms with Gasteiger partial charge in [0, 0.05) is 36.7 Å². The van der Waals surface area contributed by atoms with Gasteiger partial charge in [0.05, 0.1) is 29.0 Å². The van der Waals surface area contributed by atoms with Crippen LogP contribution in [-0.2, 0) is 9.59 Å². The zero-order chi connectivity index (χ0) is 30.7. The summed E-state index contributed by atoms with van der Waals surface area (Å²) in [4.78, 5) is 51.0. The number of imide groups is 2. The van der Waals surface area contributed by atoms with E-state index in [9.17, 15) is 24.3 Å². The van der Waals surface area contributed by atoms with Gasteiger partial charge in [-0.15, -0.1) is 0 Å². The van der Waals surface area contributed by atoms with Gasteiger partial charge >= 0.3 is 0 Å². The summed E-state index contributed by atoms with van der Waals surface area (Å²) in [5, 5.41) is 21.9. The minimum atomic E-state index is -0.963. The molecule has 3 saturated carbocycles. The quantitative estimate of drug-likeness (QED) is 0.360. The Hall–Kier alpha value is -3.53. The fourth-order valence-electron chi connectivity index (χ4n) is 7.97. The van der Waals surface area contributed by atoms with Gasteiger partial charge in [-0.1, -0.05) is 13.8 Å². The number of rotatable bonds is 9. The molecule has 1 aromatic carbocycles. The Balaban J connectivity index is 0.956. The van der Waals surface area contributed by atoms with Crippen molar-refractivity contribution in [3.05, 3.63) is 46.8 Å². The van der Waals surface area contributed by atoms with Crippen molar-refractivity contribution in [2.45, 2.75) is 108 Å². The van der Waals surface area contributed by atoms with E-state index in [1.165, 1.54) is 36.9 Å². The van der Waals surface area contributed by atoms with Gasteiger partial charge in [0.2, 0.25) is 11.8 Å². The first-order valence-electron chi connectivity index (χ1n) is 16.5. The van der Waals surface area contributed by atoms with Crippen LogP contribution in [0.15, 0.2) is 24.4 Å². The second-order valence-electron chi connectivity index (χ2n) is 14.3. The molecule has 234 valence electrons. The molecule has 44 heavy (non-hydrogen) atoms. The first-order chi connectivity index (χ1) is 21.2. The van der Waals surface area contributed by atoms with Gasteiger partial charge in [-0.3, -0.25) is 34.1 Å². The van der Waals surface area contributed by atoms with Crippen molar-refractivity contribution in [1.82, 2.24) is 20.0 Å². The highest BCUT2D eigenvalue weighted by Gasteiger charge is 2.45. The average molecular weight is 602 g/mol. The summed E-state index contributed by atoms with van der Waals surface area (Å²) < 4.78 is 2.18. The summed E-state index contributed by atoms with van der Waals surface area (Å²) in [5.74, 6) is 0.507. The van der Waals surface area contributed by atoms with Crippen LogP contribution < -0.4 is 10.6 Å². The number of amides is 4. The van der Waals surface area contributed by atoms with Crippen LogP contribution in [0.4, 0.5) is 5.69 Å². The van der Waals surface area contributed by atoms with Gasteiger partial charge in [-0.2, -0.15) is 5.10 Å². The molecule has 4 atom stereocenters. The summed E-state index contributed by atoms with van der Waals surface area (Å²) in [5.41, 5.74) is 3.84. The fraction of sp³-hybridized carbons (Fsp3) is 0.618. The molecule has 4 unspecified atom stereocenters. The number of anilines is 1. The summed E-state index contributed by atoms with van der Waals surface area (Å²) in [6.07, 6.45) is 10.9. The highest BCUT2D eigenvalue weighted by atomic mass is 16.3. The van der Waals surface area contributed by atoms with Crippen LogP contribution in [0.1, 0.15) is 128 Å². The fourth-order valence-corrected chi connectivity index (χ4v) is 7.97. The van der Waals surface area contributed by atoms with E-state index in [1.807, 2.05) is 0 Å². The zero-order valence-electron chi connectivity index (χ0n) is 25.6. The van der Waals surface area contributed by atoms with Gasteiger partial charge < -0.3 is 10.4 Å². The van der Waals surface area contributed by atoms with Gasteiger partial charge in [0.25, 0.3) is 11.8 Å². The maximum atomic E-state index is 13.2. The SMILES string of the molecule is CC(C)CC1CCC(c2cn(C3CC(CNc4ccc5c(c4)C(=O)N(C4CCC(=O)NC4=O)C5=O)C3)nc2C2CC2)C(O)C1. The number of nitrogens with one attached hydrogen (secondary N) is 2. The van der Waals surface area contributed by atoms with E-state index < -0.39 is 23.8 Å². The van der Waals surface area contributed by atoms with E-state index in [-0.39, 0.29) is 41.9 Å². The van der Waals surface area contributed by atoms with Crippen molar-refractivity contribution < 1.29 is 24.3 Å². The second-order valence-corrected chi connectivity index (χ2v) is 14.3. The van der Waals surface area contributed by atoms with E-state index in [0.717, 1.165) is 42.8 Å². The van der Waals surface area contributed by atoms with Crippen LogP contribution >= 0.6 is 0 Å². The first-order valence-corrected chi connectivity index (χ1v) is 16.5. The molecule has 4 fully saturated rings. The van der Waals surface area contributed by atoms with Gasteiger partial charge in [0.1, 0.15) is 6.04 Å². The number of aliphatic hydroxyl groups excluding tert-OH is 1. The number of aliphatic hydroxyl groups is 1. The van der Waals surface area contributed by atoms with Crippen molar-refractivity contribution in [2.24, 2.45) is 17.8 Å². The minimum absolute atomic E-state index is 0.0993. The van der Waals surface area contributed by atoms with Crippen molar-refractivity contribution in [1.29, 1.82) is 0 Å². The molecule has 2 aliphatic heterocycles. The second kappa shape index (κ2) is 11.4. The number of hydrogen-bond acceptors (Lipinski definition) is 7. The summed E-state index contributed by atoms with van der Waals surface area (Å²) >= 11 is 0. The Morgan fingerprint density at radius 3 is 2.45 bits per heavy atom. The smallest absolute Gasteiger partial charge is 0.262 e. The highest BCUT2D eigenvalue weighted by molar-refractivity contribution is 6.23. The van der Waals surface area contributed by atoms with Crippen LogP contribution in [-0.4, -0.2) is 62.1 Å². The molecule has 1 saturated heterocycles. The molecule has 0 bridgehead atoms. The maximum Gasteiger partial charge on any atom is 0.262 e. The van der Waals surface area contributed by atoms with Gasteiger partial charge in [-0.05, 0) is 99.3 Å². The minimum Gasteiger partial charge on any atom is -0.392 e. The Bertz CT molecular complexity index is 1490. The predicted octanol–water partition coefficient (Wildman–Crippen LogP) is 4.52. The van der Waals surface area contributed by atoms with E-state index in [1.54, 1.807) is 18.2 Å². The lowest BCUT2D eigenvalue weighted by Gasteiger charge is -2.36. The molecular weight excluding hydrogens is 558 g/mol. The number of fused-ring (bicyclic) bond motifs is 1. The average Bonchev–Trinajstić information content (AvgIpc) is 3.66. The lowest BCUT2D eigenvalue weighted by molar-refractivity contribution is -0.136. The number of nitrogens with zero attached hydrogens (tertiary/aromatic N) is 3. The number of aromatic nitrogens is 2. The standard InChI is InChI=1S/C34H43N5O5/c1-18(2)11-19-3-7-24(29(40)14-19)27-17-38(37-31(27)21-4-5-21)23-12-20(13-23)16-35-22-6-8-25-26(15-22)34(44)39(33(25)43)28-9-10-30(41)36-32(28)42/h6,8,15,17-21,23-24,28-29,35,40H,3-5,7,9-14,16H2,1-2H3,(H,36,41,42). The monoisotopic (exact) mass is 601 g/mol. The Morgan fingerprint density at radius 2 is 1.75 bits per heavy atom. The summed E-state index contributed by atoms with van der Waals surface area (Å²) in [7, 11) is 0. The number of carbonyl (C=O) groups excluding carboxylic acids is 4. The van der Waals surface area contributed by atoms with Crippen LogP contribution in [0.25, 0.3) is 0 Å². The van der Waals surface area contributed by atoms with Crippen molar-refractivity contribution in [3.63, 3.8) is 0 Å². The van der Waals surface area contributed by atoms with Gasteiger partial charge in [-0.25, -0.2) is 0 Å². The maximum absolute atomic E-state index is 13.2. The van der Waals surface area contributed by atoms with Crippen molar-refractivity contribution in [2.75, 3.05) is 11.9 Å². The largest absolute Gasteiger partial charge is 0.392 e. The Kier molecular flexibility index (Phi) is 7.59. The molecule has 7 rings (SSSR count). The number of hydrogen-bond donors (Lipinski definition) is 3. The Labute approximate surface area is 257 Å². The normalized spacial score (nSPS) is 30.4. The van der Waals surface area contributed by atoms with Crippen LogP contribution in [0.3, 0.4) is 0 Å². The highest BCUT2D eigenvalue weighted by Crippen LogP contribution is 2.48. The van der Waals surface area contributed by atoms with Crippen LogP contribution in [0.5, 0.6) is 0 Å². The molecule has 10 nitrogen and oxygen atoms in total. The predicted molar refractivity (Wildman–Crippen MR) is 163 cm³/mol. The third-order valence-electron chi connectivity index (χ3n) is 10.5. The zero-order valence-corrected chi connectivity index (χ0v) is 25.6. The molecule has 0 spiro atoms. The molecule has 1 aromatic heterocycles. The van der Waals surface area contributed by atoms with E-state index in [2.05, 4.69) is 35.4 Å². The topological polar surface area (TPSA) is 134 Å². The molecule has 3 N–H and O–H groups in total. The van der Waals surface area contributed by atoms with E-state index >= 15 is 0 Å². The molecule has 0 radical (unpaired) electrons. The lowest BCUT2D eigenvalue weighted by atomic mass is 9.74. The van der Waals surface area contributed by atoms with Crippen LogP contribution in [0, 0.1) is 17.8 Å². The number of piperidine rings is 1. The molecule has 3 heterocycles. The third kappa shape index (κ3) is 5.46. The summed E-state index contributed by atoms with van der Waals surface area (Å²) in [6, 6.07) is 4.53. The number of benzene rings is 1. The van der Waals surface area contributed by atoms with E-state index in [4.69, 9.17) is 5.10 Å². The van der Waals surface area contributed by atoms with Crippen molar-refractivity contribution in [3.8, 4) is 0 Å². The molecule has 10 heteroatoms. The summed E-state index contributed by atoms with van der Waals surface area (Å²) in [6.45, 7) is 5.28. The van der Waals surface area contributed by atoms with Gasteiger partial charge in [0.15, 0.2) is 0 Å². The number of carbonyl (C=O) groups is 4. The first kappa shape index (κ1) is 29.2. The Morgan fingerprint density at radius 1 is 0.977 bits per heavy atom. The molecular formula is C34H43N5O5.